The van der Waals surface area contributed by atoms with Gasteiger partial charge in [0.15, 0.2) is 5.82 Å². The molecule has 0 amide bonds. The van der Waals surface area contributed by atoms with E-state index in [4.69, 9.17) is 5.84 Å². The molecule has 0 aliphatic heterocycles. The van der Waals surface area contributed by atoms with Gasteiger partial charge >= 0.3 is 0 Å². The van der Waals surface area contributed by atoms with Crippen molar-refractivity contribution in [1.29, 1.82) is 0 Å². The molecule has 3 N–H and O–H groups in total. The highest BCUT2D eigenvalue weighted by Crippen LogP contribution is 2.18. The maximum absolute atomic E-state index is 5.23. The van der Waals surface area contributed by atoms with Gasteiger partial charge in [-0.15, -0.1) is 0 Å². The second-order valence-electron chi connectivity index (χ2n) is 4.56. The predicted octanol–water partition coefficient (Wildman–Crippen LogP) is 1.38. The largest absolute Gasteiger partial charge is 0.307 e. The first-order chi connectivity index (χ1) is 7.49. The maximum atomic E-state index is 5.23. The summed E-state index contributed by atoms with van der Waals surface area (Å²) in [6, 6.07) is 0. The third kappa shape index (κ3) is 3.15. The zero-order chi connectivity index (χ0) is 12.2. The highest BCUT2D eigenvalue weighted by molar-refractivity contribution is 5.28. The Balaban J connectivity index is 2.66. The Bertz CT molecular complexity index is 320. The molecule has 0 unspecified atom stereocenters. The molecule has 0 aliphatic rings. The molecule has 1 rings (SSSR count). The van der Waals surface area contributed by atoms with Crippen LogP contribution in [0.5, 0.6) is 0 Å². The SMILES string of the molecule is CCC(C)(C)N(C)Cc1cnc(NN)cn1. The Morgan fingerprint density at radius 2 is 2.06 bits per heavy atom. The molecule has 0 fully saturated rings. The van der Waals surface area contributed by atoms with Crippen LogP contribution < -0.4 is 11.3 Å². The first-order valence-electron chi connectivity index (χ1n) is 5.48. The molecular formula is C11H21N5. The summed E-state index contributed by atoms with van der Waals surface area (Å²) in [6.45, 7) is 7.41. The normalized spacial score (nSPS) is 11.9. The number of nitrogens with one attached hydrogen (secondary N) is 1. The molecule has 0 radical (unpaired) electrons. The minimum absolute atomic E-state index is 0.173. The van der Waals surface area contributed by atoms with Crippen LogP contribution in [0.25, 0.3) is 0 Å². The highest BCUT2D eigenvalue weighted by atomic mass is 15.3. The fourth-order valence-corrected chi connectivity index (χ4v) is 1.24. The van der Waals surface area contributed by atoms with Crippen molar-refractivity contribution in [2.24, 2.45) is 5.84 Å². The molecule has 5 nitrogen and oxygen atoms in total. The summed E-state index contributed by atoms with van der Waals surface area (Å²) < 4.78 is 0. The molecule has 0 aromatic carbocycles. The van der Waals surface area contributed by atoms with E-state index in [-0.39, 0.29) is 5.54 Å². The maximum Gasteiger partial charge on any atom is 0.158 e. The Kier molecular flexibility index (Phi) is 4.20. The van der Waals surface area contributed by atoms with Crippen molar-refractivity contribution < 1.29 is 0 Å². The molecule has 0 aliphatic carbocycles. The Labute approximate surface area is 97.0 Å². The fourth-order valence-electron chi connectivity index (χ4n) is 1.24. The monoisotopic (exact) mass is 223 g/mol. The van der Waals surface area contributed by atoms with Crippen molar-refractivity contribution >= 4 is 5.82 Å². The Morgan fingerprint density at radius 1 is 1.38 bits per heavy atom. The van der Waals surface area contributed by atoms with E-state index in [0.29, 0.717) is 5.82 Å². The van der Waals surface area contributed by atoms with Gasteiger partial charge in [-0.25, -0.2) is 10.8 Å². The Morgan fingerprint density at radius 3 is 2.50 bits per heavy atom. The van der Waals surface area contributed by atoms with E-state index in [1.807, 2.05) is 0 Å². The van der Waals surface area contributed by atoms with E-state index in [0.717, 1.165) is 18.7 Å². The molecule has 1 heterocycles. The summed E-state index contributed by atoms with van der Waals surface area (Å²) in [5, 5.41) is 0. The summed E-state index contributed by atoms with van der Waals surface area (Å²) in [5.41, 5.74) is 3.58. The van der Waals surface area contributed by atoms with Gasteiger partial charge in [-0.1, -0.05) is 6.92 Å². The molecule has 1 aromatic heterocycles. The van der Waals surface area contributed by atoms with Crippen LogP contribution in [0.15, 0.2) is 12.4 Å². The van der Waals surface area contributed by atoms with Crippen LogP contribution >= 0.6 is 0 Å². The Hall–Kier alpha value is -1.20. The van der Waals surface area contributed by atoms with Gasteiger partial charge in [-0.3, -0.25) is 9.88 Å². The first kappa shape index (κ1) is 12.9. The minimum Gasteiger partial charge on any atom is -0.307 e. The van der Waals surface area contributed by atoms with E-state index < -0.39 is 0 Å². The van der Waals surface area contributed by atoms with Crippen LogP contribution in [-0.4, -0.2) is 27.5 Å². The van der Waals surface area contributed by atoms with Crippen LogP contribution in [0.4, 0.5) is 5.82 Å². The number of anilines is 1. The molecule has 0 spiro atoms. The third-order valence-electron chi connectivity index (χ3n) is 3.15. The lowest BCUT2D eigenvalue weighted by Gasteiger charge is -2.34. The van der Waals surface area contributed by atoms with E-state index in [1.165, 1.54) is 0 Å². The number of nitrogens with two attached hydrogens (primary N) is 1. The van der Waals surface area contributed by atoms with Gasteiger partial charge in [-0.2, -0.15) is 0 Å². The van der Waals surface area contributed by atoms with Crippen molar-refractivity contribution in [2.45, 2.75) is 39.3 Å². The number of hydrogen-bond acceptors (Lipinski definition) is 5. The number of nitrogen functional groups attached to an aromatic ring is 1. The molecule has 16 heavy (non-hydrogen) atoms. The van der Waals surface area contributed by atoms with Crippen LogP contribution in [0.2, 0.25) is 0 Å². The minimum atomic E-state index is 0.173. The summed E-state index contributed by atoms with van der Waals surface area (Å²) in [6.07, 6.45) is 4.49. The molecule has 0 atom stereocenters. The highest BCUT2D eigenvalue weighted by Gasteiger charge is 2.21. The second kappa shape index (κ2) is 5.23. The third-order valence-corrected chi connectivity index (χ3v) is 3.15. The van der Waals surface area contributed by atoms with Gasteiger partial charge in [0, 0.05) is 12.1 Å². The van der Waals surface area contributed by atoms with Crippen molar-refractivity contribution in [1.82, 2.24) is 14.9 Å². The van der Waals surface area contributed by atoms with Gasteiger partial charge in [0.25, 0.3) is 0 Å². The summed E-state index contributed by atoms with van der Waals surface area (Å²) in [7, 11) is 2.10. The summed E-state index contributed by atoms with van der Waals surface area (Å²) in [5.74, 6) is 5.81. The lowest BCUT2D eigenvalue weighted by atomic mass is 10.00. The second-order valence-corrected chi connectivity index (χ2v) is 4.56. The van der Waals surface area contributed by atoms with Gasteiger partial charge in [0.2, 0.25) is 0 Å². The smallest absolute Gasteiger partial charge is 0.158 e. The van der Waals surface area contributed by atoms with Crippen molar-refractivity contribution in [3.05, 3.63) is 18.1 Å². The molecule has 90 valence electrons. The molecular weight excluding hydrogens is 202 g/mol. The van der Waals surface area contributed by atoms with Crippen molar-refractivity contribution in [3.8, 4) is 0 Å². The van der Waals surface area contributed by atoms with Crippen molar-refractivity contribution in [3.63, 3.8) is 0 Å². The standard InChI is InChI=1S/C11H21N5/c1-5-11(2,3)16(4)8-9-6-14-10(15-12)7-13-9/h6-7H,5,8,12H2,1-4H3,(H,14,15). The fraction of sp³-hybridized carbons (Fsp3) is 0.636. The van der Waals surface area contributed by atoms with Crippen molar-refractivity contribution in [2.75, 3.05) is 12.5 Å². The van der Waals surface area contributed by atoms with Crippen LogP contribution in [0.1, 0.15) is 32.9 Å². The number of hydrogen-bond donors (Lipinski definition) is 2. The van der Waals surface area contributed by atoms with E-state index in [9.17, 15) is 0 Å². The topological polar surface area (TPSA) is 67.1 Å². The van der Waals surface area contributed by atoms with Gasteiger partial charge < -0.3 is 5.43 Å². The van der Waals surface area contributed by atoms with Gasteiger partial charge in [0.1, 0.15) is 0 Å². The van der Waals surface area contributed by atoms with E-state index in [2.05, 4.69) is 48.1 Å². The zero-order valence-corrected chi connectivity index (χ0v) is 10.5. The number of hydrazine groups is 1. The van der Waals surface area contributed by atoms with Gasteiger partial charge in [0.05, 0.1) is 18.1 Å². The predicted molar refractivity (Wildman–Crippen MR) is 65.7 cm³/mol. The molecule has 0 saturated heterocycles. The van der Waals surface area contributed by atoms with Crippen LogP contribution in [-0.2, 0) is 6.54 Å². The average molecular weight is 223 g/mol. The molecule has 0 bridgehead atoms. The summed E-state index contributed by atoms with van der Waals surface area (Å²) >= 11 is 0. The van der Waals surface area contributed by atoms with E-state index >= 15 is 0 Å². The zero-order valence-electron chi connectivity index (χ0n) is 10.5. The van der Waals surface area contributed by atoms with E-state index in [1.54, 1.807) is 12.4 Å². The number of aromatic nitrogens is 2. The van der Waals surface area contributed by atoms with Crippen LogP contribution in [0, 0.1) is 0 Å². The first-order valence-corrected chi connectivity index (χ1v) is 5.48. The average Bonchev–Trinajstić information content (AvgIpc) is 2.30. The number of rotatable bonds is 5. The molecule has 0 saturated carbocycles. The lowest BCUT2D eigenvalue weighted by molar-refractivity contribution is 0.141. The molecule has 5 heteroatoms. The molecule has 1 aromatic rings. The van der Waals surface area contributed by atoms with Crippen LogP contribution in [0.3, 0.4) is 0 Å². The van der Waals surface area contributed by atoms with Gasteiger partial charge in [-0.05, 0) is 27.3 Å². The quantitative estimate of drug-likeness (QED) is 0.583. The number of nitrogens with zero attached hydrogens (tertiary/aromatic N) is 3. The summed E-state index contributed by atoms with van der Waals surface area (Å²) in [4.78, 5) is 10.7. The lowest BCUT2D eigenvalue weighted by Crippen LogP contribution is -2.40.